The van der Waals surface area contributed by atoms with Gasteiger partial charge in [-0.05, 0) is 67.5 Å². The van der Waals surface area contributed by atoms with E-state index in [1.54, 1.807) is 12.1 Å². The summed E-state index contributed by atoms with van der Waals surface area (Å²) < 4.78 is 26.5. The molecule has 148 valence electrons. The molecule has 2 aromatic carbocycles. The van der Waals surface area contributed by atoms with E-state index < -0.39 is 11.6 Å². The lowest BCUT2D eigenvalue weighted by atomic mass is 9.81. The molecule has 1 aliphatic carbocycles. The second-order valence-corrected chi connectivity index (χ2v) is 7.34. The van der Waals surface area contributed by atoms with Gasteiger partial charge in [0, 0.05) is 24.2 Å². The van der Waals surface area contributed by atoms with Crippen LogP contribution in [0.25, 0.3) is 0 Å². The molecule has 6 heteroatoms. The summed E-state index contributed by atoms with van der Waals surface area (Å²) in [6.07, 6.45) is 3.95. The third-order valence-electron chi connectivity index (χ3n) is 5.17. The molecule has 2 atom stereocenters. The Morgan fingerprint density at radius 2 is 1.29 bits per heavy atom. The molecule has 0 saturated heterocycles. The van der Waals surface area contributed by atoms with Crippen molar-refractivity contribution in [1.29, 1.82) is 0 Å². The van der Waals surface area contributed by atoms with Crippen LogP contribution in [0.2, 0.25) is 0 Å². The van der Waals surface area contributed by atoms with Crippen molar-refractivity contribution in [3.05, 3.63) is 71.3 Å². The molecule has 1 saturated carbocycles. The second-order valence-electron chi connectivity index (χ2n) is 7.34. The van der Waals surface area contributed by atoms with E-state index in [1.165, 1.54) is 36.4 Å². The van der Waals surface area contributed by atoms with Gasteiger partial charge in [-0.3, -0.25) is 9.59 Å². The van der Waals surface area contributed by atoms with Gasteiger partial charge in [0.25, 0.3) is 11.8 Å². The quantitative estimate of drug-likeness (QED) is 0.790. The Morgan fingerprint density at radius 1 is 0.821 bits per heavy atom. The smallest absolute Gasteiger partial charge is 0.251 e. The molecule has 1 fully saturated rings. The molecule has 2 N–H and O–H groups in total. The molecular formula is C22H24F2N2O2. The monoisotopic (exact) mass is 386 g/mol. The predicted molar refractivity (Wildman–Crippen MR) is 103 cm³/mol. The van der Waals surface area contributed by atoms with E-state index in [-0.39, 0.29) is 11.8 Å². The number of hydrogen-bond acceptors (Lipinski definition) is 2. The molecule has 1 aliphatic rings. The number of nitrogens with one attached hydrogen (secondary N) is 2. The highest BCUT2D eigenvalue weighted by Crippen LogP contribution is 2.28. The lowest BCUT2D eigenvalue weighted by molar-refractivity contribution is 0.0935. The van der Waals surface area contributed by atoms with Crippen LogP contribution in [0.4, 0.5) is 8.78 Å². The molecule has 0 bridgehead atoms. The second kappa shape index (κ2) is 9.44. The Hall–Kier alpha value is -2.76. The van der Waals surface area contributed by atoms with Gasteiger partial charge in [-0.15, -0.1) is 0 Å². The number of carbonyl (C=O) groups excluding carboxylic acids is 2. The SMILES string of the molecule is O=C(NCC1CCCC(CNC(=O)c2cccc(F)c2)C1)c1cccc(F)c1. The van der Waals surface area contributed by atoms with E-state index in [2.05, 4.69) is 10.6 Å². The summed E-state index contributed by atoms with van der Waals surface area (Å²) in [5, 5.41) is 5.76. The van der Waals surface area contributed by atoms with Crippen LogP contribution < -0.4 is 10.6 Å². The fraction of sp³-hybridized carbons (Fsp3) is 0.364. The molecular weight excluding hydrogens is 362 g/mol. The number of carbonyl (C=O) groups is 2. The van der Waals surface area contributed by atoms with Crippen molar-refractivity contribution in [3.63, 3.8) is 0 Å². The average molecular weight is 386 g/mol. The van der Waals surface area contributed by atoms with Crippen LogP contribution in [-0.2, 0) is 0 Å². The third kappa shape index (κ3) is 5.62. The Kier molecular flexibility index (Phi) is 6.74. The zero-order valence-corrected chi connectivity index (χ0v) is 15.6. The van der Waals surface area contributed by atoms with Crippen molar-refractivity contribution in [2.75, 3.05) is 13.1 Å². The Labute approximate surface area is 163 Å². The summed E-state index contributed by atoms with van der Waals surface area (Å²) in [7, 11) is 0. The summed E-state index contributed by atoms with van der Waals surface area (Å²) in [6, 6.07) is 11.3. The van der Waals surface area contributed by atoms with Crippen LogP contribution in [-0.4, -0.2) is 24.9 Å². The summed E-state index contributed by atoms with van der Waals surface area (Å²) in [5.74, 6) is -0.773. The van der Waals surface area contributed by atoms with Gasteiger partial charge in [-0.25, -0.2) is 8.78 Å². The first kappa shape index (κ1) is 20.0. The molecule has 0 heterocycles. The number of benzene rings is 2. The van der Waals surface area contributed by atoms with E-state index in [1.807, 2.05) is 0 Å². The van der Waals surface area contributed by atoms with Crippen LogP contribution in [0.3, 0.4) is 0 Å². The first-order valence-corrected chi connectivity index (χ1v) is 9.59. The molecule has 3 rings (SSSR count). The fourth-order valence-electron chi connectivity index (χ4n) is 3.71. The average Bonchev–Trinajstić information content (AvgIpc) is 2.70. The molecule has 0 aliphatic heterocycles. The lowest BCUT2D eigenvalue weighted by Gasteiger charge is -2.29. The van der Waals surface area contributed by atoms with Crippen molar-refractivity contribution in [2.45, 2.75) is 25.7 Å². The van der Waals surface area contributed by atoms with Crippen LogP contribution in [0.15, 0.2) is 48.5 Å². The van der Waals surface area contributed by atoms with E-state index in [9.17, 15) is 18.4 Å². The van der Waals surface area contributed by atoms with E-state index in [4.69, 9.17) is 0 Å². The maximum Gasteiger partial charge on any atom is 0.251 e. The van der Waals surface area contributed by atoms with Crippen molar-refractivity contribution in [1.82, 2.24) is 10.6 Å². The molecule has 2 amide bonds. The van der Waals surface area contributed by atoms with Crippen LogP contribution in [0.5, 0.6) is 0 Å². The first-order chi connectivity index (χ1) is 13.5. The van der Waals surface area contributed by atoms with Crippen LogP contribution >= 0.6 is 0 Å². The number of rotatable bonds is 6. The highest BCUT2D eigenvalue weighted by molar-refractivity contribution is 5.94. The van der Waals surface area contributed by atoms with Crippen LogP contribution in [0, 0.1) is 23.5 Å². The van der Waals surface area contributed by atoms with E-state index in [0.29, 0.717) is 36.1 Å². The van der Waals surface area contributed by atoms with Crippen molar-refractivity contribution >= 4 is 11.8 Å². The lowest BCUT2D eigenvalue weighted by Crippen LogP contribution is -2.35. The summed E-state index contributed by atoms with van der Waals surface area (Å²) in [6.45, 7) is 1.06. The molecule has 4 nitrogen and oxygen atoms in total. The maximum atomic E-state index is 13.2. The van der Waals surface area contributed by atoms with Gasteiger partial charge in [0.2, 0.25) is 0 Å². The number of hydrogen-bond donors (Lipinski definition) is 2. The third-order valence-corrected chi connectivity index (χ3v) is 5.17. The molecule has 0 radical (unpaired) electrons. The van der Waals surface area contributed by atoms with E-state index >= 15 is 0 Å². The molecule has 2 aromatic rings. The van der Waals surface area contributed by atoms with Gasteiger partial charge in [0.05, 0.1) is 0 Å². The largest absolute Gasteiger partial charge is 0.352 e. The zero-order chi connectivity index (χ0) is 19.9. The van der Waals surface area contributed by atoms with Gasteiger partial charge < -0.3 is 10.6 Å². The van der Waals surface area contributed by atoms with Crippen molar-refractivity contribution in [2.24, 2.45) is 11.8 Å². The van der Waals surface area contributed by atoms with Gasteiger partial charge in [0.15, 0.2) is 0 Å². The molecule has 0 spiro atoms. The Balaban J connectivity index is 1.45. The Morgan fingerprint density at radius 3 is 1.71 bits per heavy atom. The van der Waals surface area contributed by atoms with Gasteiger partial charge in [0.1, 0.15) is 11.6 Å². The topological polar surface area (TPSA) is 58.2 Å². The standard InChI is InChI=1S/C22H24F2N2O2/c23-19-8-2-6-17(11-19)21(27)25-13-15-4-1-5-16(10-15)14-26-22(28)18-7-3-9-20(24)12-18/h2-3,6-9,11-12,15-16H,1,4-5,10,13-14H2,(H,25,27)(H,26,28). The number of amides is 2. The first-order valence-electron chi connectivity index (χ1n) is 9.59. The highest BCUT2D eigenvalue weighted by atomic mass is 19.1. The maximum absolute atomic E-state index is 13.2. The summed E-state index contributed by atoms with van der Waals surface area (Å²) in [5.41, 5.74) is 0.629. The molecule has 2 unspecified atom stereocenters. The van der Waals surface area contributed by atoms with Crippen molar-refractivity contribution < 1.29 is 18.4 Å². The zero-order valence-electron chi connectivity index (χ0n) is 15.6. The Bertz CT molecular complexity index is 773. The van der Waals surface area contributed by atoms with Crippen LogP contribution in [0.1, 0.15) is 46.4 Å². The summed E-state index contributed by atoms with van der Waals surface area (Å²) in [4.78, 5) is 24.3. The number of halogens is 2. The normalized spacial score (nSPS) is 19.1. The predicted octanol–water partition coefficient (Wildman–Crippen LogP) is 3.93. The summed E-state index contributed by atoms with van der Waals surface area (Å²) >= 11 is 0. The van der Waals surface area contributed by atoms with E-state index in [0.717, 1.165) is 25.7 Å². The highest BCUT2D eigenvalue weighted by Gasteiger charge is 2.23. The molecule has 0 aromatic heterocycles. The minimum atomic E-state index is -0.431. The molecule has 28 heavy (non-hydrogen) atoms. The van der Waals surface area contributed by atoms with Crippen molar-refractivity contribution in [3.8, 4) is 0 Å². The van der Waals surface area contributed by atoms with Gasteiger partial charge >= 0.3 is 0 Å². The fourth-order valence-corrected chi connectivity index (χ4v) is 3.71. The minimum Gasteiger partial charge on any atom is -0.352 e. The minimum absolute atomic E-state index is 0.277. The van der Waals surface area contributed by atoms with Gasteiger partial charge in [-0.2, -0.15) is 0 Å². The van der Waals surface area contributed by atoms with Gasteiger partial charge in [-0.1, -0.05) is 18.6 Å².